The molecular formula is C12H21N5O. The standard InChI is InChI=1S/C12H21N5O/c1-16-12(14-9-15-16)6-13-5-11-7-17-4-2-3-10(17)8-18-11/h9-11,13H,2-8H2,1H3. The van der Waals surface area contributed by atoms with E-state index in [4.69, 9.17) is 4.74 Å². The molecule has 18 heavy (non-hydrogen) atoms. The summed E-state index contributed by atoms with van der Waals surface area (Å²) in [7, 11) is 1.91. The Morgan fingerprint density at radius 3 is 3.33 bits per heavy atom. The van der Waals surface area contributed by atoms with Gasteiger partial charge >= 0.3 is 0 Å². The second kappa shape index (κ2) is 5.34. The summed E-state index contributed by atoms with van der Waals surface area (Å²) >= 11 is 0. The zero-order chi connectivity index (χ0) is 12.4. The Balaban J connectivity index is 1.42. The molecule has 0 aliphatic carbocycles. The molecule has 0 spiro atoms. The largest absolute Gasteiger partial charge is 0.374 e. The summed E-state index contributed by atoms with van der Waals surface area (Å²) in [4.78, 5) is 6.76. The first-order valence-electron chi connectivity index (χ1n) is 6.72. The molecule has 0 radical (unpaired) electrons. The van der Waals surface area contributed by atoms with Crippen molar-refractivity contribution in [3.63, 3.8) is 0 Å². The predicted octanol–water partition coefficient (Wildman–Crippen LogP) is -0.232. The quantitative estimate of drug-likeness (QED) is 0.801. The number of rotatable bonds is 4. The van der Waals surface area contributed by atoms with Crippen molar-refractivity contribution in [3.8, 4) is 0 Å². The molecule has 2 saturated heterocycles. The Kier molecular flexibility index (Phi) is 3.58. The first-order chi connectivity index (χ1) is 8.83. The molecule has 3 heterocycles. The van der Waals surface area contributed by atoms with Gasteiger partial charge in [-0.25, -0.2) is 4.98 Å². The van der Waals surface area contributed by atoms with Gasteiger partial charge in [0.05, 0.1) is 19.3 Å². The van der Waals surface area contributed by atoms with Gasteiger partial charge in [0, 0.05) is 26.2 Å². The summed E-state index contributed by atoms with van der Waals surface area (Å²) in [5.41, 5.74) is 0. The fourth-order valence-electron chi connectivity index (χ4n) is 2.83. The van der Waals surface area contributed by atoms with Crippen molar-refractivity contribution in [1.29, 1.82) is 0 Å². The van der Waals surface area contributed by atoms with Crippen molar-refractivity contribution in [2.45, 2.75) is 31.5 Å². The van der Waals surface area contributed by atoms with Crippen LogP contribution >= 0.6 is 0 Å². The third kappa shape index (κ3) is 2.55. The van der Waals surface area contributed by atoms with E-state index in [9.17, 15) is 0 Å². The van der Waals surface area contributed by atoms with Crippen molar-refractivity contribution < 1.29 is 4.74 Å². The summed E-state index contributed by atoms with van der Waals surface area (Å²) in [5.74, 6) is 0.963. The Labute approximate surface area is 107 Å². The fraction of sp³-hybridized carbons (Fsp3) is 0.833. The molecule has 1 aromatic rings. The number of aryl methyl sites for hydroxylation is 1. The van der Waals surface area contributed by atoms with Gasteiger partial charge in [-0.1, -0.05) is 0 Å². The Hall–Kier alpha value is -0.980. The number of hydrogen-bond donors (Lipinski definition) is 1. The van der Waals surface area contributed by atoms with E-state index < -0.39 is 0 Å². The molecule has 2 atom stereocenters. The highest BCUT2D eigenvalue weighted by Crippen LogP contribution is 2.22. The van der Waals surface area contributed by atoms with Crippen LogP contribution in [-0.2, 0) is 18.3 Å². The molecule has 100 valence electrons. The molecule has 3 rings (SSSR count). The van der Waals surface area contributed by atoms with E-state index in [2.05, 4.69) is 20.3 Å². The summed E-state index contributed by atoms with van der Waals surface area (Å²) < 4.78 is 7.69. The van der Waals surface area contributed by atoms with Crippen LogP contribution < -0.4 is 5.32 Å². The van der Waals surface area contributed by atoms with Gasteiger partial charge < -0.3 is 10.1 Å². The van der Waals surface area contributed by atoms with Gasteiger partial charge in [0.2, 0.25) is 0 Å². The minimum absolute atomic E-state index is 0.313. The Morgan fingerprint density at radius 2 is 2.50 bits per heavy atom. The maximum atomic E-state index is 5.89. The maximum Gasteiger partial charge on any atom is 0.140 e. The minimum Gasteiger partial charge on any atom is -0.374 e. The minimum atomic E-state index is 0.313. The molecule has 6 heteroatoms. The van der Waals surface area contributed by atoms with Crippen LogP contribution in [0.4, 0.5) is 0 Å². The van der Waals surface area contributed by atoms with Gasteiger partial charge in [-0.05, 0) is 19.4 Å². The molecule has 2 aliphatic heterocycles. The van der Waals surface area contributed by atoms with Gasteiger partial charge in [0.1, 0.15) is 12.2 Å². The lowest BCUT2D eigenvalue weighted by atomic mass is 10.2. The topological polar surface area (TPSA) is 55.2 Å². The number of morpholine rings is 1. The molecule has 0 saturated carbocycles. The van der Waals surface area contributed by atoms with E-state index in [0.29, 0.717) is 12.1 Å². The van der Waals surface area contributed by atoms with Crippen molar-refractivity contribution in [3.05, 3.63) is 12.2 Å². The van der Waals surface area contributed by atoms with E-state index in [1.54, 1.807) is 11.0 Å². The van der Waals surface area contributed by atoms with Crippen molar-refractivity contribution >= 4 is 0 Å². The first-order valence-corrected chi connectivity index (χ1v) is 6.72. The Bertz CT molecular complexity index is 394. The number of hydrogen-bond acceptors (Lipinski definition) is 5. The molecule has 0 amide bonds. The molecular weight excluding hydrogens is 230 g/mol. The molecule has 2 unspecified atom stereocenters. The van der Waals surface area contributed by atoms with E-state index >= 15 is 0 Å². The van der Waals surface area contributed by atoms with Crippen LogP contribution in [0.5, 0.6) is 0 Å². The number of ether oxygens (including phenoxy) is 1. The molecule has 0 bridgehead atoms. The summed E-state index contributed by atoms with van der Waals surface area (Å²) in [6.07, 6.45) is 4.53. The highest BCUT2D eigenvalue weighted by Gasteiger charge is 2.31. The average molecular weight is 251 g/mol. The monoisotopic (exact) mass is 251 g/mol. The first kappa shape index (κ1) is 12.1. The van der Waals surface area contributed by atoms with Gasteiger partial charge in [-0.3, -0.25) is 9.58 Å². The number of fused-ring (bicyclic) bond motifs is 1. The molecule has 0 aromatic carbocycles. The highest BCUT2D eigenvalue weighted by molar-refractivity contribution is 4.87. The lowest BCUT2D eigenvalue weighted by Crippen LogP contribution is -2.49. The second-order valence-corrected chi connectivity index (χ2v) is 5.18. The smallest absolute Gasteiger partial charge is 0.140 e. The SMILES string of the molecule is Cn1ncnc1CNCC1CN2CCCC2CO1. The number of nitrogens with zero attached hydrogens (tertiary/aromatic N) is 4. The molecule has 2 aliphatic rings. The van der Waals surface area contributed by atoms with Crippen LogP contribution in [0.15, 0.2) is 6.33 Å². The second-order valence-electron chi connectivity index (χ2n) is 5.18. The van der Waals surface area contributed by atoms with Crippen LogP contribution in [-0.4, -0.2) is 58.1 Å². The van der Waals surface area contributed by atoms with Crippen molar-refractivity contribution in [1.82, 2.24) is 25.0 Å². The van der Waals surface area contributed by atoms with Crippen molar-refractivity contribution in [2.24, 2.45) is 7.05 Å². The summed E-state index contributed by atoms with van der Waals surface area (Å²) in [6.45, 7) is 4.84. The zero-order valence-electron chi connectivity index (χ0n) is 10.9. The summed E-state index contributed by atoms with van der Waals surface area (Å²) in [6, 6.07) is 0.681. The van der Waals surface area contributed by atoms with Gasteiger partial charge in [0.25, 0.3) is 0 Å². The zero-order valence-corrected chi connectivity index (χ0v) is 10.9. The lowest BCUT2D eigenvalue weighted by molar-refractivity contribution is -0.0471. The van der Waals surface area contributed by atoms with E-state index in [1.807, 2.05) is 7.05 Å². The fourth-order valence-corrected chi connectivity index (χ4v) is 2.83. The molecule has 2 fully saturated rings. The van der Waals surface area contributed by atoms with Gasteiger partial charge in [-0.2, -0.15) is 5.10 Å². The third-order valence-electron chi connectivity index (χ3n) is 3.92. The van der Waals surface area contributed by atoms with E-state index in [1.165, 1.54) is 19.4 Å². The molecule has 1 aromatic heterocycles. The summed E-state index contributed by atoms with van der Waals surface area (Å²) in [5, 5.41) is 7.45. The normalized spacial score (nSPS) is 28.5. The number of aromatic nitrogens is 3. The average Bonchev–Trinajstić information content (AvgIpc) is 2.98. The predicted molar refractivity (Wildman–Crippen MR) is 67.0 cm³/mol. The Morgan fingerprint density at radius 1 is 1.56 bits per heavy atom. The van der Waals surface area contributed by atoms with Crippen LogP contribution in [0.3, 0.4) is 0 Å². The van der Waals surface area contributed by atoms with Crippen LogP contribution in [0.2, 0.25) is 0 Å². The van der Waals surface area contributed by atoms with Crippen LogP contribution in [0.25, 0.3) is 0 Å². The maximum absolute atomic E-state index is 5.89. The van der Waals surface area contributed by atoms with Gasteiger partial charge in [-0.15, -0.1) is 0 Å². The van der Waals surface area contributed by atoms with Crippen LogP contribution in [0, 0.1) is 0 Å². The lowest BCUT2D eigenvalue weighted by Gasteiger charge is -2.35. The van der Waals surface area contributed by atoms with E-state index in [0.717, 1.165) is 32.1 Å². The highest BCUT2D eigenvalue weighted by atomic mass is 16.5. The number of nitrogens with one attached hydrogen (secondary N) is 1. The molecule has 1 N–H and O–H groups in total. The van der Waals surface area contributed by atoms with Crippen LogP contribution in [0.1, 0.15) is 18.7 Å². The van der Waals surface area contributed by atoms with Gasteiger partial charge in [0.15, 0.2) is 0 Å². The molecule has 6 nitrogen and oxygen atoms in total. The van der Waals surface area contributed by atoms with E-state index in [-0.39, 0.29) is 0 Å². The third-order valence-corrected chi connectivity index (χ3v) is 3.92. The van der Waals surface area contributed by atoms with Crippen molar-refractivity contribution in [2.75, 3.05) is 26.2 Å².